The van der Waals surface area contributed by atoms with E-state index in [-0.39, 0.29) is 0 Å². The van der Waals surface area contributed by atoms with Gasteiger partial charge in [0.2, 0.25) is 0 Å². The van der Waals surface area contributed by atoms with Crippen LogP contribution in [0.4, 0.5) is 32.0 Å². The lowest BCUT2D eigenvalue weighted by atomic mass is 10.1. The van der Waals surface area contributed by atoms with Crippen molar-refractivity contribution in [2.75, 3.05) is 5.73 Å². The van der Waals surface area contributed by atoms with Crippen LogP contribution in [0.3, 0.4) is 0 Å². The van der Waals surface area contributed by atoms with E-state index < -0.39 is 47.5 Å². The smallest absolute Gasteiger partial charge is 0.398 e. The van der Waals surface area contributed by atoms with E-state index in [1.165, 1.54) is 0 Å². The fraction of sp³-hybridized carbons (Fsp3) is 0.417. The number of alkyl halides is 6. The normalized spacial score (nSPS) is 13.9. The maximum absolute atomic E-state index is 12.6. The van der Waals surface area contributed by atoms with Gasteiger partial charge in [-0.1, -0.05) is 6.07 Å². The van der Waals surface area contributed by atoms with Gasteiger partial charge < -0.3 is 11.1 Å². The van der Waals surface area contributed by atoms with Crippen LogP contribution < -0.4 is 11.1 Å². The van der Waals surface area contributed by atoms with Gasteiger partial charge in [-0.3, -0.25) is 4.79 Å². The summed E-state index contributed by atoms with van der Waals surface area (Å²) in [5, 5.41) is 1.97. The summed E-state index contributed by atoms with van der Waals surface area (Å²) < 4.78 is 74.3. The molecule has 0 aliphatic carbocycles. The van der Waals surface area contributed by atoms with Gasteiger partial charge >= 0.3 is 12.4 Å². The number of hydrogen-bond acceptors (Lipinski definition) is 2. The zero-order valence-corrected chi connectivity index (χ0v) is 10.8. The zero-order chi connectivity index (χ0) is 16.4. The molecule has 0 saturated carbocycles. The first-order chi connectivity index (χ1) is 9.42. The first kappa shape index (κ1) is 17.1. The summed E-state index contributed by atoms with van der Waals surface area (Å²) >= 11 is 0. The number of rotatable bonds is 3. The van der Waals surface area contributed by atoms with Gasteiger partial charge in [0.25, 0.3) is 5.91 Å². The highest BCUT2D eigenvalue weighted by atomic mass is 19.4. The lowest BCUT2D eigenvalue weighted by Crippen LogP contribution is -2.36. The maximum Gasteiger partial charge on any atom is 0.418 e. The number of nitrogens with two attached hydrogens (primary N) is 1. The number of benzene rings is 1. The molecule has 0 aliphatic rings. The van der Waals surface area contributed by atoms with Gasteiger partial charge in [-0.2, -0.15) is 26.3 Å². The van der Waals surface area contributed by atoms with E-state index in [2.05, 4.69) is 0 Å². The second kappa shape index (κ2) is 5.82. The molecular formula is C12H12F6N2O. The summed E-state index contributed by atoms with van der Waals surface area (Å²) in [6, 6.07) is 1.38. The summed E-state index contributed by atoms with van der Waals surface area (Å²) in [7, 11) is 0. The molecular weight excluding hydrogens is 302 g/mol. The molecule has 0 fully saturated rings. The summed E-state index contributed by atoms with van der Waals surface area (Å²) in [5.41, 5.74) is 2.73. The van der Waals surface area contributed by atoms with Crippen molar-refractivity contribution < 1.29 is 31.1 Å². The summed E-state index contributed by atoms with van der Waals surface area (Å²) in [5.74, 6) is -1.09. The Morgan fingerprint density at radius 3 is 2.29 bits per heavy atom. The lowest BCUT2D eigenvalue weighted by Gasteiger charge is -2.17. The van der Waals surface area contributed by atoms with E-state index in [1.54, 1.807) is 0 Å². The Balaban J connectivity index is 2.94. The van der Waals surface area contributed by atoms with E-state index in [4.69, 9.17) is 5.73 Å². The van der Waals surface area contributed by atoms with E-state index >= 15 is 0 Å². The van der Waals surface area contributed by atoms with Gasteiger partial charge in [-0.15, -0.1) is 0 Å². The topological polar surface area (TPSA) is 55.1 Å². The molecule has 3 N–H and O–H groups in total. The summed E-state index contributed by atoms with van der Waals surface area (Å²) in [6.07, 6.45) is -10.5. The average molecular weight is 314 g/mol. The number of halogens is 6. The molecule has 1 aromatic carbocycles. The Morgan fingerprint density at radius 1 is 1.24 bits per heavy atom. The molecule has 0 heterocycles. The molecule has 0 saturated heterocycles. The molecule has 1 aromatic rings. The largest absolute Gasteiger partial charge is 0.418 e. The zero-order valence-electron chi connectivity index (χ0n) is 10.8. The Morgan fingerprint density at radius 2 is 1.81 bits per heavy atom. The highest BCUT2D eigenvalue weighted by Gasteiger charge is 2.35. The first-order valence-corrected chi connectivity index (χ1v) is 5.75. The van der Waals surface area contributed by atoms with Crippen molar-refractivity contribution in [3.63, 3.8) is 0 Å². The number of nitrogen functional groups attached to an aromatic ring is 1. The van der Waals surface area contributed by atoms with Gasteiger partial charge in [-0.05, 0) is 19.1 Å². The molecule has 1 unspecified atom stereocenters. The van der Waals surface area contributed by atoms with Crippen molar-refractivity contribution in [3.05, 3.63) is 29.3 Å². The van der Waals surface area contributed by atoms with Crippen LogP contribution in [0.25, 0.3) is 0 Å². The van der Waals surface area contributed by atoms with Crippen molar-refractivity contribution in [2.45, 2.75) is 31.7 Å². The molecule has 0 radical (unpaired) electrons. The quantitative estimate of drug-likeness (QED) is 0.664. The number of carbonyl (C=O) groups excluding carboxylic acids is 1. The van der Waals surface area contributed by atoms with E-state index in [0.29, 0.717) is 6.07 Å². The monoisotopic (exact) mass is 314 g/mol. The van der Waals surface area contributed by atoms with Crippen molar-refractivity contribution in [3.8, 4) is 0 Å². The minimum atomic E-state index is -4.75. The van der Waals surface area contributed by atoms with Gasteiger partial charge in [0.15, 0.2) is 0 Å². The summed E-state index contributed by atoms with van der Waals surface area (Å²) in [6.45, 7) is 1.09. The Bertz CT molecular complexity index is 523. The van der Waals surface area contributed by atoms with Crippen LogP contribution in [-0.4, -0.2) is 18.1 Å². The third-order valence-electron chi connectivity index (χ3n) is 2.57. The number of anilines is 1. The van der Waals surface area contributed by atoms with Crippen molar-refractivity contribution in [2.24, 2.45) is 0 Å². The Labute approximate surface area is 116 Å². The van der Waals surface area contributed by atoms with Crippen LogP contribution in [-0.2, 0) is 6.18 Å². The Kier molecular flexibility index (Phi) is 4.75. The molecule has 0 bridgehead atoms. The van der Waals surface area contributed by atoms with Crippen LogP contribution in [0.15, 0.2) is 18.2 Å². The van der Waals surface area contributed by atoms with E-state index in [1.807, 2.05) is 5.32 Å². The van der Waals surface area contributed by atoms with Crippen LogP contribution in [0, 0.1) is 0 Å². The second-order valence-corrected chi connectivity index (χ2v) is 4.46. The predicted molar refractivity (Wildman–Crippen MR) is 63.5 cm³/mol. The minimum Gasteiger partial charge on any atom is -0.398 e. The summed E-state index contributed by atoms with van der Waals surface area (Å²) in [4.78, 5) is 11.7. The lowest BCUT2D eigenvalue weighted by molar-refractivity contribution is -0.138. The second-order valence-electron chi connectivity index (χ2n) is 4.46. The van der Waals surface area contributed by atoms with Crippen LogP contribution in [0.5, 0.6) is 0 Å². The number of carbonyl (C=O) groups is 1. The van der Waals surface area contributed by atoms with Gasteiger partial charge in [0.1, 0.15) is 0 Å². The highest BCUT2D eigenvalue weighted by molar-refractivity contribution is 6.00. The predicted octanol–water partition coefficient (Wildman–Crippen LogP) is 3.36. The SMILES string of the molecule is CC(CC(F)(F)F)NC(=O)c1cccc(C(F)(F)F)c1N. The first-order valence-electron chi connectivity index (χ1n) is 5.75. The number of amides is 1. The molecule has 0 aliphatic heterocycles. The highest BCUT2D eigenvalue weighted by Crippen LogP contribution is 2.35. The van der Waals surface area contributed by atoms with Gasteiger partial charge in [-0.25, -0.2) is 0 Å². The minimum absolute atomic E-state index is 0.515. The van der Waals surface area contributed by atoms with Crippen molar-refractivity contribution in [1.29, 1.82) is 0 Å². The molecule has 1 amide bonds. The average Bonchev–Trinajstić information content (AvgIpc) is 2.24. The van der Waals surface area contributed by atoms with Crippen LogP contribution in [0.1, 0.15) is 29.3 Å². The maximum atomic E-state index is 12.6. The fourth-order valence-corrected chi connectivity index (χ4v) is 1.71. The third kappa shape index (κ3) is 4.83. The van der Waals surface area contributed by atoms with Crippen molar-refractivity contribution in [1.82, 2.24) is 5.32 Å². The fourth-order valence-electron chi connectivity index (χ4n) is 1.71. The standard InChI is InChI=1S/C12H12F6N2O/c1-6(5-11(13,14)15)20-10(21)7-3-2-4-8(9(7)19)12(16,17)18/h2-4,6H,5,19H2,1H3,(H,20,21). The van der Waals surface area contributed by atoms with Crippen LogP contribution in [0.2, 0.25) is 0 Å². The van der Waals surface area contributed by atoms with Gasteiger partial charge in [0.05, 0.1) is 23.2 Å². The number of nitrogens with one attached hydrogen (secondary N) is 1. The molecule has 3 nitrogen and oxygen atoms in total. The third-order valence-corrected chi connectivity index (χ3v) is 2.57. The molecule has 21 heavy (non-hydrogen) atoms. The molecule has 118 valence electrons. The molecule has 0 spiro atoms. The number of hydrogen-bond donors (Lipinski definition) is 2. The van der Waals surface area contributed by atoms with E-state index in [0.717, 1.165) is 19.1 Å². The molecule has 1 atom stereocenters. The van der Waals surface area contributed by atoms with Crippen molar-refractivity contribution >= 4 is 11.6 Å². The van der Waals surface area contributed by atoms with Crippen LogP contribution >= 0.6 is 0 Å². The van der Waals surface area contributed by atoms with Gasteiger partial charge in [0, 0.05) is 6.04 Å². The molecule has 9 heteroatoms. The Hall–Kier alpha value is -1.93. The van der Waals surface area contributed by atoms with E-state index in [9.17, 15) is 31.1 Å². The number of para-hydroxylation sites is 1. The molecule has 1 rings (SSSR count). The molecule has 0 aromatic heterocycles.